The molecule has 1 atom stereocenters. The first-order valence-electron chi connectivity index (χ1n) is 6.09. The van der Waals surface area contributed by atoms with Gasteiger partial charge in [0.05, 0.1) is 17.8 Å². The number of benzene rings is 1. The summed E-state index contributed by atoms with van der Waals surface area (Å²) in [5.74, 6) is 0. The Morgan fingerprint density at radius 1 is 1.21 bits per heavy atom. The minimum absolute atomic E-state index is 0.525. The fourth-order valence-corrected chi connectivity index (χ4v) is 2.42. The predicted octanol–water partition coefficient (Wildman–Crippen LogP) is 3.26. The molecule has 0 saturated carbocycles. The normalized spacial score (nSPS) is 12.7. The van der Waals surface area contributed by atoms with Crippen molar-refractivity contribution in [1.82, 2.24) is 9.61 Å². The molecule has 4 heteroatoms. The second-order valence-corrected chi connectivity index (χ2v) is 4.92. The van der Waals surface area contributed by atoms with Crippen molar-refractivity contribution in [2.24, 2.45) is 0 Å². The number of aliphatic hydroxyl groups is 1. The molecule has 0 spiro atoms. The number of rotatable bonds is 3. The zero-order chi connectivity index (χ0) is 13.2. The lowest BCUT2D eigenvalue weighted by atomic mass is 10.0. The topological polar surface area (TPSA) is 37.5 Å². The second-order valence-electron chi connectivity index (χ2n) is 4.48. The molecule has 3 aromatic rings. The third-order valence-corrected chi connectivity index (χ3v) is 3.37. The van der Waals surface area contributed by atoms with Gasteiger partial charge < -0.3 is 5.11 Å². The predicted molar refractivity (Wildman–Crippen MR) is 75.3 cm³/mol. The molecule has 1 N–H and O–H groups in total. The number of aromatic nitrogens is 2. The van der Waals surface area contributed by atoms with Crippen molar-refractivity contribution in [2.75, 3.05) is 0 Å². The summed E-state index contributed by atoms with van der Waals surface area (Å²) in [4.78, 5) is 0. The van der Waals surface area contributed by atoms with E-state index in [1.807, 2.05) is 48.7 Å². The third kappa shape index (κ3) is 2.48. The molecule has 1 unspecified atom stereocenters. The fourth-order valence-electron chi connectivity index (χ4n) is 2.21. The van der Waals surface area contributed by atoms with Crippen LogP contribution >= 0.6 is 11.6 Å². The van der Waals surface area contributed by atoms with Gasteiger partial charge in [0.2, 0.25) is 0 Å². The van der Waals surface area contributed by atoms with Crippen LogP contribution in [0.1, 0.15) is 17.2 Å². The van der Waals surface area contributed by atoms with Crippen LogP contribution in [-0.4, -0.2) is 14.7 Å². The van der Waals surface area contributed by atoms with Crippen LogP contribution in [0.3, 0.4) is 0 Å². The van der Waals surface area contributed by atoms with E-state index in [-0.39, 0.29) is 0 Å². The number of pyridine rings is 1. The van der Waals surface area contributed by atoms with Gasteiger partial charge in [-0.05, 0) is 29.8 Å². The molecule has 0 saturated heterocycles. The molecule has 0 aliphatic carbocycles. The molecule has 2 aromatic heterocycles. The Morgan fingerprint density at radius 3 is 2.95 bits per heavy atom. The number of halogens is 1. The first-order valence-corrected chi connectivity index (χ1v) is 6.46. The average molecular weight is 273 g/mol. The molecule has 0 amide bonds. The Kier molecular flexibility index (Phi) is 3.23. The molecule has 0 aliphatic heterocycles. The van der Waals surface area contributed by atoms with E-state index >= 15 is 0 Å². The smallest absolute Gasteiger partial charge is 0.0867 e. The van der Waals surface area contributed by atoms with Crippen LogP contribution in [0.4, 0.5) is 0 Å². The summed E-state index contributed by atoms with van der Waals surface area (Å²) in [6, 6.07) is 13.3. The minimum Gasteiger partial charge on any atom is -0.388 e. The van der Waals surface area contributed by atoms with Crippen LogP contribution in [0, 0.1) is 0 Å². The molecule has 19 heavy (non-hydrogen) atoms. The lowest BCUT2D eigenvalue weighted by Crippen LogP contribution is -2.01. The maximum atomic E-state index is 10.4. The molecule has 1 aromatic carbocycles. The van der Waals surface area contributed by atoms with Gasteiger partial charge in [-0.1, -0.05) is 29.8 Å². The van der Waals surface area contributed by atoms with Gasteiger partial charge in [-0.2, -0.15) is 5.10 Å². The average Bonchev–Trinajstić information content (AvgIpc) is 2.82. The summed E-state index contributed by atoms with van der Waals surface area (Å²) in [7, 11) is 0. The number of fused-ring (bicyclic) bond motifs is 1. The van der Waals surface area contributed by atoms with E-state index in [4.69, 9.17) is 11.6 Å². The summed E-state index contributed by atoms with van der Waals surface area (Å²) in [6.45, 7) is 0. The summed E-state index contributed by atoms with van der Waals surface area (Å²) in [5.41, 5.74) is 2.77. The molecule has 0 aliphatic rings. The van der Waals surface area contributed by atoms with E-state index in [0.717, 1.165) is 16.6 Å². The van der Waals surface area contributed by atoms with Crippen molar-refractivity contribution in [1.29, 1.82) is 0 Å². The molecular formula is C15H13ClN2O. The van der Waals surface area contributed by atoms with E-state index in [0.29, 0.717) is 11.4 Å². The van der Waals surface area contributed by atoms with E-state index in [1.54, 1.807) is 10.7 Å². The van der Waals surface area contributed by atoms with Gasteiger partial charge >= 0.3 is 0 Å². The summed E-state index contributed by atoms with van der Waals surface area (Å²) in [6.07, 6.45) is 3.52. The van der Waals surface area contributed by atoms with Gasteiger partial charge in [-0.3, -0.25) is 0 Å². The molecule has 0 fully saturated rings. The van der Waals surface area contributed by atoms with E-state index in [2.05, 4.69) is 5.10 Å². The minimum atomic E-state index is -0.585. The van der Waals surface area contributed by atoms with E-state index in [1.165, 1.54) is 0 Å². The maximum absolute atomic E-state index is 10.4. The third-order valence-electron chi connectivity index (χ3n) is 3.13. The zero-order valence-electron chi connectivity index (χ0n) is 10.2. The Morgan fingerprint density at radius 2 is 2.11 bits per heavy atom. The number of hydrogen-bond acceptors (Lipinski definition) is 2. The Labute approximate surface area is 116 Å². The first kappa shape index (κ1) is 12.2. The van der Waals surface area contributed by atoms with E-state index in [9.17, 15) is 5.11 Å². The van der Waals surface area contributed by atoms with Crippen LogP contribution in [0.15, 0.2) is 54.9 Å². The van der Waals surface area contributed by atoms with Crippen molar-refractivity contribution in [3.63, 3.8) is 0 Å². The van der Waals surface area contributed by atoms with Crippen LogP contribution in [0.5, 0.6) is 0 Å². The highest BCUT2D eigenvalue weighted by atomic mass is 35.5. The Bertz CT molecular complexity index is 708. The Hall–Kier alpha value is -1.84. The van der Waals surface area contributed by atoms with Gasteiger partial charge in [-0.25, -0.2) is 4.52 Å². The van der Waals surface area contributed by atoms with Crippen LogP contribution in [0.2, 0.25) is 5.02 Å². The van der Waals surface area contributed by atoms with Crippen molar-refractivity contribution in [2.45, 2.75) is 12.5 Å². The van der Waals surface area contributed by atoms with Gasteiger partial charge in [0.1, 0.15) is 0 Å². The summed E-state index contributed by atoms with van der Waals surface area (Å²) in [5, 5.41) is 15.3. The standard InChI is InChI=1S/C15H13ClN2O/c16-12-5-3-4-11(8-12)9-15(19)13-10-17-18-7-2-1-6-14(13)18/h1-8,10,15,19H,9H2. The fraction of sp³-hybridized carbons (Fsp3) is 0.133. The van der Waals surface area contributed by atoms with E-state index < -0.39 is 6.10 Å². The largest absolute Gasteiger partial charge is 0.388 e. The molecule has 3 rings (SSSR count). The summed E-state index contributed by atoms with van der Waals surface area (Å²) < 4.78 is 1.76. The number of nitrogens with zero attached hydrogens (tertiary/aromatic N) is 2. The van der Waals surface area contributed by atoms with Crippen LogP contribution in [0.25, 0.3) is 5.52 Å². The van der Waals surface area contributed by atoms with Gasteiger partial charge in [0, 0.05) is 23.2 Å². The van der Waals surface area contributed by atoms with Gasteiger partial charge in [-0.15, -0.1) is 0 Å². The number of aliphatic hydroxyl groups excluding tert-OH is 1. The molecule has 96 valence electrons. The molecular weight excluding hydrogens is 260 g/mol. The SMILES string of the molecule is OC(Cc1cccc(Cl)c1)c1cnn2ccccc12. The molecule has 3 nitrogen and oxygen atoms in total. The highest BCUT2D eigenvalue weighted by Gasteiger charge is 2.14. The van der Waals surface area contributed by atoms with Gasteiger partial charge in [0.15, 0.2) is 0 Å². The van der Waals surface area contributed by atoms with Crippen molar-refractivity contribution in [3.05, 3.63) is 71.0 Å². The molecule has 2 heterocycles. The van der Waals surface area contributed by atoms with Crippen molar-refractivity contribution < 1.29 is 5.11 Å². The molecule has 0 radical (unpaired) electrons. The van der Waals surface area contributed by atoms with Crippen LogP contribution in [-0.2, 0) is 6.42 Å². The Balaban J connectivity index is 1.90. The second kappa shape index (κ2) is 5.03. The highest BCUT2D eigenvalue weighted by Crippen LogP contribution is 2.23. The van der Waals surface area contributed by atoms with Crippen molar-refractivity contribution in [3.8, 4) is 0 Å². The number of hydrogen-bond donors (Lipinski definition) is 1. The quantitative estimate of drug-likeness (QED) is 0.795. The lowest BCUT2D eigenvalue weighted by molar-refractivity contribution is 0.180. The lowest BCUT2D eigenvalue weighted by Gasteiger charge is -2.09. The maximum Gasteiger partial charge on any atom is 0.0867 e. The highest BCUT2D eigenvalue weighted by molar-refractivity contribution is 6.30. The zero-order valence-corrected chi connectivity index (χ0v) is 11.0. The van der Waals surface area contributed by atoms with Crippen molar-refractivity contribution >= 4 is 17.1 Å². The molecule has 0 bridgehead atoms. The van der Waals surface area contributed by atoms with Crippen LogP contribution < -0.4 is 0 Å². The summed E-state index contributed by atoms with van der Waals surface area (Å²) >= 11 is 5.95. The van der Waals surface area contributed by atoms with Gasteiger partial charge in [0.25, 0.3) is 0 Å². The first-order chi connectivity index (χ1) is 9.24. The monoisotopic (exact) mass is 272 g/mol.